The van der Waals surface area contributed by atoms with Crippen molar-refractivity contribution in [3.05, 3.63) is 47.6 Å². The van der Waals surface area contributed by atoms with Gasteiger partial charge in [-0.1, -0.05) is 35.5 Å². The van der Waals surface area contributed by atoms with Gasteiger partial charge in [0.15, 0.2) is 5.82 Å². The third-order valence-corrected chi connectivity index (χ3v) is 3.04. The molecule has 118 valence electrons. The van der Waals surface area contributed by atoms with Gasteiger partial charge in [-0.2, -0.15) is 4.98 Å². The lowest BCUT2D eigenvalue weighted by atomic mass is 10.1. The van der Waals surface area contributed by atoms with Gasteiger partial charge in [0.05, 0.1) is 12.5 Å². The molecule has 2 amide bonds. The monoisotopic (exact) mass is 304 g/mol. The molecule has 2 rings (SSSR count). The van der Waals surface area contributed by atoms with Gasteiger partial charge in [0.25, 0.3) is 0 Å². The summed E-state index contributed by atoms with van der Waals surface area (Å²) < 4.78 is 5.20. The van der Waals surface area contributed by atoms with E-state index in [0.29, 0.717) is 31.1 Å². The Kier molecular flexibility index (Phi) is 5.91. The fraction of sp³-hybridized carbons (Fsp3) is 0.400. The average Bonchev–Trinajstić information content (AvgIpc) is 2.97. The average molecular weight is 304 g/mol. The maximum absolute atomic E-state index is 11.6. The van der Waals surface area contributed by atoms with Gasteiger partial charge in [-0.05, 0) is 18.9 Å². The Labute approximate surface area is 128 Å². The van der Waals surface area contributed by atoms with Gasteiger partial charge in [0.2, 0.25) is 5.89 Å². The number of amides is 2. The summed E-state index contributed by atoms with van der Waals surface area (Å²) in [6.07, 6.45) is 1.08. The molecule has 0 fully saturated rings. The standard InChI is InChI=1S/C15H20N4O3/c1-11(17-15(21)16-8-5-9-20)14-18-13(22-19-14)10-12-6-3-2-4-7-12/h2-4,6-7,11,20H,5,8-10H2,1H3,(H2,16,17,21). The van der Waals surface area contributed by atoms with Crippen molar-refractivity contribution in [3.8, 4) is 0 Å². The minimum atomic E-state index is -0.359. The highest BCUT2D eigenvalue weighted by Gasteiger charge is 2.16. The largest absolute Gasteiger partial charge is 0.396 e. The number of rotatable bonds is 7. The quantitative estimate of drug-likeness (QED) is 0.671. The summed E-state index contributed by atoms with van der Waals surface area (Å²) in [6, 6.07) is 9.14. The van der Waals surface area contributed by atoms with Gasteiger partial charge < -0.3 is 20.3 Å². The summed E-state index contributed by atoms with van der Waals surface area (Å²) >= 11 is 0. The Morgan fingerprint density at radius 3 is 2.86 bits per heavy atom. The second kappa shape index (κ2) is 8.14. The smallest absolute Gasteiger partial charge is 0.315 e. The lowest BCUT2D eigenvalue weighted by Crippen LogP contribution is -2.38. The summed E-state index contributed by atoms with van der Waals surface area (Å²) in [4.78, 5) is 15.9. The summed E-state index contributed by atoms with van der Waals surface area (Å²) in [7, 11) is 0. The molecule has 2 aromatic rings. The van der Waals surface area contributed by atoms with Gasteiger partial charge in [0, 0.05) is 13.2 Å². The number of nitrogens with zero attached hydrogens (tertiary/aromatic N) is 2. The molecule has 1 atom stereocenters. The van der Waals surface area contributed by atoms with E-state index in [-0.39, 0.29) is 18.7 Å². The number of aliphatic hydroxyl groups is 1. The fourth-order valence-electron chi connectivity index (χ4n) is 1.88. The van der Waals surface area contributed by atoms with Crippen LogP contribution in [0.3, 0.4) is 0 Å². The van der Waals surface area contributed by atoms with Crippen LogP contribution < -0.4 is 10.6 Å². The normalized spacial score (nSPS) is 11.9. The van der Waals surface area contributed by atoms with Crippen molar-refractivity contribution >= 4 is 6.03 Å². The number of hydrogen-bond acceptors (Lipinski definition) is 5. The highest BCUT2D eigenvalue weighted by Crippen LogP contribution is 2.11. The summed E-state index contributed by atoms with van der Waals surface area (Å²) in [6.45, 7) is 2.24. The Morgan fingerprint density at radius 1 is 1.36 bits per heavy atom. The number of aromatic nitrogens is 2. The first-order valence-electron chi connectivity index (χ1n) is 7.20. The molecule has 0 aliphatic carbocycles. The van der Waals surface area contributed by atoms with Crippen LogP contribution in [0.15, 0.2) is 34.9 Å². The van der Waals surface area contributed by atoms with Crippen LogP contribution in [0.4, 0.5) is 4.79 Å². The molecule has 1 unspecified atom stereocenters. The Bertz CT molecular complexity index is 585. The second-order valence-electron chi connectivity index (χ2n) is 4.91. The van der Waals surface area contributed by atoms with Crippen LogP contribution in [0, 0.1) is 0 Å². The molecule has 0 aliphatic heterocycles. The first kappa shape index (κ1) is 16.0. The molecule has 1 aromatic carbocycles. The zero-order valence-electron chi connectivity index (χ0n) is 12.5. The van der Waals surface area contributed by atoms with Crippen molar-refractivity contribution in [1.29, 1.82) is 0 Å². The molecule has 0 saturated carbocycles. The van der Waals surface area contributed by atoms with Crippen molar-refractivity contribution in [1.82, 2.24) is 20.8 Å². The number of benzene rings is 1. The Balaban J connectivity index is 1.86. The Morgan fingerprint density at radius 2 is 2.14 bits per heavy atom. The molecule has 0 aliphatic rings. The van der Waals surface area contributed by atoms with E-state index in [1.54, 1.807) is 6.92 Å². The second-order valence-corrected chi connectivity index (χ2v) is 4.91. The van der Waals surface area contributed by atoms with Gasteiger partial charge in [0.1, 0.15) is 0 Å². The van der Waals surface area contributed by atoms with Crippen molar-refractivity contribution in [2.75, 3.05) is 13.2 Å². The number of nitrogens with one attached hydrogen (secondary N) is 2. The fourth-order valence-corrected chi connectivity index (χ4v) is 1.88. The van der Waals surface area contributed by atoms with Crippen LogP contribution in [-0.2, 0) is 6.42 Å². The molecular formula is C15H20N4O3. The number of carbonyl (C=O) groups is 1. The van der Waals surface area contributed by atoms with Crippen LogP contribution >= 0.6 is 0 Å². The summed E-state index contributed by atoms with van der Waals surface area (Å²) in [5.41, 5.74) is 1.08. The van der Waals surface area contributed by atoms with E-state index in [1.165, 1.54) is 0 Å². The predicted molar refractivity (Wildman–Crippen MR) is 80.2 cm³/mol. The zero-order valence-corrected chi connectivity index (χ0v) is 12.5. The van der Waals surface area contributed by atoms with Crippen molar-refractivity contribution in [2.45, 2.75) is 25.8 Å². The minimum absolute atomic E-state index is 0.0452. The van der Waals surface area contributed by atoms with E-state index in [1.807, 2.05) is 30.3 Å². The molecule has 7 nitrogen and oxygen atoms in total. The number of aliphatic hydroxyl groups excluding tert-OH is 1. The predicted octanol–water partition coefficient (Wildman–Crippen LogP) is 1.40. The number of urea groups is 1. The first-order chi connectivity index (χ1) is 10.7. The molecule has 0 radical (unpaired) electrons. The SMILES string of the molecule is CC(NC(=O)NCCCO)c1noc(Cc2ccccc2)n1. The van der Waals surface area contributed by atoms with Crippen molar-refractivity contribution in [3.63, 3.8) is 0 Å². The molecule has 3 N–H and O–H groups in total. The maximum Gasteiger partial charge on any atom is 0.315 e. The molecule has 22 heavy (non-hydrogen) atoms. The van der Waals surface area contributed by atoms with E-state index in [2.05, 4.69) is 20.8 Å². The minimum Gasteiger partial charge on any atom is -0.396 e. The molecule has 7 heteroatoms. The van der Waals surface area contributed by atoms with E-state index >= 15 is 0 Å². The van der Waals surface area contributed by atoms with Gasteiger partial charge in [-0.25, -0.2) is 4.79 Å². The van der Waals surface area contributed by atoms with Gasteiger partial charge in [-0.3, -0.25) is 0 Å². The highest BCUT2D eigenvalue weighted by molar-refractivity contribution is 5.74. The first-order valence-corrected chi connectivity index (χ1v) is 7.20. The van der Waals surface area contributed by atoms with Gasteiger partial charge >= 0.3 is 6.03 Å². The zero-order chi connectivity index (χ0) is 15.8. The van der Waals surface area contributed by atoms with E-state index in [9.17, 15) is 4.79 Å². The van der Waals surface area contributed by atoms with Crippen molar-refractivity contribution in [2.24, 2.45) is 0 Å². The third kappa shape index (κ3) is 4.85. The van der Waals surface area contributed by atoms with E-state index in [4.69, 9.17) is 9.63 Å². The van der Waals surface area contributed by atoms with E-state index < -0.39 is 0 Å². The molecular weight excluding hydrogens is 284 g/mol. The summed E-state index contributed by atoms with van der Waals surface area (Å²) in [5, 5.41) is 17.9. The van der Waals surface area contributed by atoms with Crippen LogP contribution in [0.25, 0.3) is 0 Å². The van der Waals surface area contributed by atoms with Crippen LogP contribution in [0.5, 0.6) is 0 Å². The highest BCUT2D eigenvalue weighted by atomic mass is 16.5. The van der Waals surface area contributed by atoms with Crippen molar-refractivity contribution < 1.29 is 14.4 Å². The molecule has 0 bridgehead atoms. The van der Waals surface area contributed by atoms with E-state index in [0.717, 1.165) is 5.56 Å². The van der Waals surface area contributed by atoms with Crippen LogP contribution in [0.2, 0.25) is 0 Å². The lowest BCUT2D eigenvalue weighted by molar-refractivity contribution is 0.234. The molecule has 1 heterocycles. The number of hydrogen-bond donors (Lipinski definition) is 3. The lowest BCUT2D eigenvalue weighted by Gasteiger charge is -2.10. The molecule has 0 saturated heterocycles. The topological polar surface area (TPSA) is 100 Å². The Hall–Kier alpha value is -2.41. The maximum atomic E-state index is 11.6. The molecule has 0 spiro atoms. The summed E-state index contributed by atoms with van der Waals surface area (Å²) in [5.74, 6) is 0.943. The third-order valence-electron chi connectivity index (χ3n) is 3.04. The molecule has 1 aromatic heterocycles. The van der Waals surface area contributed by atoms with Crippen LogP contribution in [-0.4, -0.2) is 34.4 Å². The van der Waals surface area contributed by atoms with Crippen LogP contribution in [0.1, 0.15) is 36.7 Å². The number of carbonyl (C=O) groups excluding carboxylic acids is 1. The van der Waals surface area contributed by atoms with Gasteiger partial charge in [-0.15, -0.1) is 0 Å².